The molecule has 21 heavy (non-hydrogen) atoms. The molecule has 0 aromatic heterocycles. The van der Waals surface area contributed by atoms with Crippen molar-refractivity contribution < 1.29 is 13.9 Å². The van der Waals surface area contributed by atoms with Gasteiger partial charge in [0, 0.05) is 18.2 Å². The molecule has 116 valence electrons. The normalized spacial score (nSPS) is 12.2. The van der Waals surface area contributed by atoms with E-state index < -0.39 is 17.4 Å². The lowest BCUT2D eigenvalue weighted by atomic mass is 9.97. The average molecular weight is 315 g/mol. The van der Waals surface area contributed by atoms with Crippen molar-refractivity contribution in [2.75, 3.05) is 6.54 Å². The Bertz CT molecular complexity index is 568. The van der Waals surface area contributed by atoms with Gasteiger partial charge in [0.25, 0.3) is 0 Å². The molecule has 0 aliphatic rings. The minimum absolute atomic E-state index is 0.0291. The van der Waals surface area contributed by atoms with Crippen LogP contribution in [0.1, 0.15) is 33.3 Å². The Morgan fingerprint density at radius 3 is 2.52 bits per heavy atom. The first-order chi connectivity index (χ1) is 9.60. The minimum Gasteiger partial charge on any atom is -0.504 e. The fourth-order valence-corrected chi connectivity index (χ4v) is 1.54. The van der Waals surface area contributed by atoms with Gasteiger partial charge in [-0.1, -0.05) is 20.8 Å². The number of benzene rings is 1. The zero-order valence-corrected chi connectivity index (χ0v) is 13.2. The molecule has 0 aliphatic carbocycles. The smallest absolute Gasteiger partial charge is 0.186 e. The monoisotopic (exact) mass is 315 g/mol. The van der Waals surface area contributed by atoms with E-state index in [0.717, 1.165) is 6.07 Å². The van der Waals surface area contributed by atoms with E-state index in [4.69, 9.17) is 12.2 Å². The molecule has 3 N–H and O–H groups in total. The third kappa shape index (κ3) is 5.63. The molecular weight excluding hydrogens is 296 g/mol. The number of rotatable bonds is 3. The molecule has 1 aromatic rings. The van der Waals surface area contributed by atoms with E-state index in [1.807, 2.05) is 20.8 Å². The zero-order chi connectivity index (χ0) is 16.2. The van der Waals surface area contributed by atoms with Gasteiger partial charge >= 0.3 is 0 Å². The first-order valence-electron chi connectivity index (χ1n) is 6.36. The number of hydrogen-bond acceptors (Lipinski definition) is 3. The van der Waals surface area contributed by atoms with Gasteiger partial charge in [-0.3, -0.25) is 5.43 Å². The van der Waals surface area contributed by atoms with Crippen LogP contribution in [0.15, 0.2) is 17.2 Å². The van der Waals surface area contributed by atoms with Crippen molar-refractivity contribution in [3.63, 3.8) is 0 Å². The van der Waals surface area contributed by atoms with Gasteiger partial charge in [-0.05, 0) is 30.6 Å². The van der Waals surface area contributed by atoms with Crippen LogP contribution in [0.3, 0.4) is 0 Å². The van der Waals surface area contributed by atoms with Crippen molar-refractivity contribution in [2.24, 2.45) is 10.5 Å². The summed E-state index contributed by atoms with van der Waals surface area (Å²) < 4.78 is 26.4. The summed E-state index contributed by atoms with van der Waals surface area (Å²) in [5.74, 6) is -2.47. The second-order valence-electron chi connectivity index (χ2n) is 5.84. The summed E-state index contributed by atoms with van der Waals surface area (Å²) in [4.78, 5) is 0. The van der Waals surface area contributed by atoms with Gasteiger partial charge in [0.1, 0.15) is 5.82 Å². The number of thiocarbonyl (C=S) groups is 1. The largest absolute Gasteiger partial charge is 0.504 e. The second kappa shape index (κ2) is 6.80. The Morgan fingerprint density at radius 1 is 1.33 bits per heavy atom. The molecule has 4 nitrogen and oxygen atoms in total. The van der Waals surface area contributed by atoms with Crippen molar-refractivity contribution in [2.45, 2.75) is 27.7 Å². The van der Waals surface area contributed by atoms with Gasteiger partial charge in [0.2, 0.25) is 0 Å². The Balaban J connectivity index is 2.76. The molecule has 0 radical (unpaired) electrons. The average Bonchev–Trinajstić information content (AvgIpc) is 2.36. The number of hydrogen-bond donors (Lipinski definition) is 3. The van der Waals surface area contributed by atoms with Crippen molar-refractivity contribution in [1.82, 2.24) is 10.7 Å². The van der Waals surface area contributed by atoms with Crippen molar-refractivity contribution in [3.05, 3.63) is 29.3 Å². The highest BCUT2D eigenvalue weighted by atomic mass is 32.1. The van der Waals surface area contributed by atoms with E-state index in [0.29, 0.717) is 17.7 Å². The van der Waals surface area contributed by atoms with Crippen LogP contribution in [0.2, 0.25) is 0 Å². The Morgan fingerprint density at radius 2 is 1.95 bits per heavy atom. The summed E-state index contributed by atoms with van der Waals surface area (Å²) in [5, 5.41) is 16.7. The van der Waals surface area contributed by atoms with Gasteiger partial charge in [0.05, 0.1) is 5.71 Å². The molecule has 0 fully saturated rings. The van der Waals surface area contributed by atoms with Gasteiger partial charge in [0.15, 0.2) is 16.7 Å². The van der Waals surface area contributed by atoms with Gasteiger partial charge in [-0.15, -0.1) is 0 Å². The summed E-state index contributed by atoms with van der Waals surface area (Å²) in [6.07, 6.45) is 0. The standard InChI is InChI=1S/C14H19F2N3OS/c1-8(10-5-9(15)6-11(16)12(10)20)18-19-13(21)17-7-14(2,3)4/h5-6,20H,7H2,1-4H3,(H2,17,19,21)/b18-8-. The number of hydrazone groups is 1. The van der Waals surface area contributed by atoms with E-state index in [1.165, 1.54) is 6.92 Å². The molecule has 0 spiro atoms. The highest BCUT2D eigenvalue weighted by molar-refractivity contribution is 7.80. The minimum atomic E-state index is -1.03. The van der Waals surface area contributed by atoms with Crippen molar-refractivity contribution in [3.8, 4) is 5.75 Å². The molecule has 0 saturated heterocycles. The molecule has 0 atom stereocenters. The van der Waals surface area contributed by atoms with Crippen LogP contribution in [-0.2, 0) is 0 Å². The quantitative estimate of drug-likeness (QED) is 0.456. The Labute approximate surface area is 128 Å². The molecule has 0 unspecified atom stereocenters. The van der Waals surface area contributed by atoms with E-state index in [9.17, 15) is 13.9 Å². The topological polar surface area (TPSA) is 56.7 Å². The Hall–Kier alpha value is -1.76. The lowest BCUT2D eigenvalue weighted by molar-refractivity contribution is 0.408. The number of phenols is 1. The predicted molar refractivity (Wildman–Crippen MR) is 83.4 cm³/mol. The van der Waals surface area contributed by atoms with Gasteiger partial charge in [-0.25, -0.2) is 8.78 Å². The van der Waals surface area contributed by atoms with Crippen LogP contribution < -0.4 is 10.7 Å². The summed E-state index contributed by atoms with van der Waals surface area (Å²) in [7, 11) is 0. The molecule has 0 heterocycles. The molecular formula is C14H19F2N3OS. The summed E-state index contributed by atoms with van der Waals surface area (Å²) in [6, 6.07) is 1.61. The molecule has 7 heteroatoms. The fourth-order valence-electron chi connectivity index (χ4n) is 1.42. The molecule has 0 saturated carbocycles. The van der Waals surface area contributed by atoms with E-state index >= 15 is 0 Å². The van der Waals surface area contributed by atoms with Crippen LogP contribution >= 0.6 is 12.2 Å². The van der Waals surface area contributed by atoms with Crippen molar-refractivity contribution >= 4 is 23.0 Å². The number of nitrogens with zero attached hydrogens (tertiary/aromatic N) is 1. The second-order valence-corrected chi connectivity index (χ2v) is 6.24. The van der Waals surface area contributed by atoms with E-state index in [2.05, 4.69) is 15.8 Å². The third-order valence-corrected chi connectivity index (χ3v) is 2.76. The fraction of sp³-hybridized carbons (Fsp3) is 0.429. The third-order valence-electron chi connectivity index (χ3n) is 2.52. The molecule has 1 aromatic carbocycles. The maximum atomic E-state index is 13.2. The first kappa shape index (κ1) is 17.3. The van der Waals surface area contributed by atoms with Crippen molar-refractivity contribution in [1.29, 1.82) is 0 Å². The van der Waals surface area contributed by atoms with E-state index in [-0.39, 0.29) is 16.7 Å². The van der Waals surface area contributed by atoms with Crippen LogP contribution in [0, 0.1) is 17.0 Å². The number of halogens is 2. The Kier molecular flexibility index (Phi) is 5.60. The SMILES string of the molecule is C/C(=N/NC(=S)NCC(C)(C)C)c1cc(F)cc(F)c1O. The van der Waals surface area contributed by atoms with E-state index in [1.54, 1.807) is 0 Å². The zero-order valence-electron chi connectivity index (χ0n) is 12.4. The summed E-state index contributed by atoms with van der Waals surface area (Å²) >= 11 is 5.03. The number of phenolic OH excluding ortho intramolecular Hbond substituents is 1. The van der Waals surface area contributed by atoms with Gasteiger partial charge < -0.3 is 10.4 Å². The first-order valence-corrected chi connectivity index (χ1v) is 6.77. The highest BCUT2D eigenvalue weighted by Gasteiger charge is 2.13. The molecule has 0 bridgehead atoms. The van der Waals surface area contributed by atoms with Crippen LogP contribution in [0.4, 0.5) is 8.78 Å². The maximum Gasteiger partial charge on any atom is 0.186 e. The van der Waals surface area contributed by atoms with Crippen LogP contribution in [-0.4, -0.2) is 22.5 Å². The molecule has 1 rings (SSSR count). The summed E-state index contributed by atoms with van der Waals surface area (Å²) in [6.45, 7) is 8.29. The lowest BCUT2D eigenvalue weighted by Gasteiger charge is -2.19. The lowest BCUT2D eigenvalue weighted by Crippen LogP contribution is -2.37. The maximum absolute atomic E-state index is 13.2. The van der Waals surface area contributed by atoms with Crippen LogP contribution in [0.25, 0.3) is 0 Å². The highest BCUT2D eigenvalue weighted by Crippen LogP contribution is 2.23. The van der Waals surface area contributed by atoms with Crippen LogP contribution in [0.5, 0.6) is 5.75 Å². The molecule has 0 aliphatic heterocycles. The number of aromatic hydroxyl groups is 1. The number of nitrogens with one attached hydrogen (secondary N) is 2. The predicted octanol–water partition coefficient (Wildman–Crippen LogP) is 2.90. The van der Waals surface area contributed by atoms with Gasteiger partial charge in [-0.2, -0.15) is 5.10 Å². The summed E-state index contributed by atoms with van der Waals surface area (Å²) in [5.41, 5.74) is 2.81. The molecule has 0 amide bonds.